The molecule has 0 spiro atoms. The molecule has 1 aliphatic rings. The molecule has 0 aromatic carbocycles. The number of thioether (sulfide) groups is 1. The van der Waals surface area contributed by atoms with Crippen molar-refractivity contribution in [1.82, 2.24) is 0 Å². The molecule has 1 fully saturated rings. The maximum absolute atomic E-state index is 11.8. The smallest absolute Gasteiger partial charge is 0.165 e. The largest absolute Gasteiger partial charge is 0.369 e. The lowest BCUT2D eigenvalue weighted by molar-refractivity contribution is -0.134. The van der Waals surface area contributed by atoms with E-state index in [1.807, 2.05) is 18.7 Å². The average molecular weight is 202 g/mol. The van der Waals surface area contributed by atoms with Crippen LogP contribution in [-0.2, 0) is 9.53 Å². The maximum Gasteiger partial charge on any atom is 0.165 e. The zero-order chi connectivity index (χ0) is 9.84. The Bertz CT molecular complexity index is 174. The Morgan fingerprint density at radius 3 is 2.62 bits per heavy atom. The van der Waals surface area contributed by atoms with Crippen LogP contribution in [0.4, 0.5) is 0 Å². The van der Waals surface area contributed by atoms with E-state index in [2.05, 4.69) is 13.8 Å². The summed E-state index contributed by atoms with van der Waals surface area (Å²) < 4.78 is 5.44. The Labute approximate surface area is 84.4 Å². The van der Waals surface area contributed by atoms with Crippen LogP contribution in [0.2, 0.25) is 0 Å². The number of hydrogen-bond acceptors (Lipinski definition) is 3. The van der Waals surface area contributed by atoms with E-state index in [-0.39, 0.29) is 17.8 Å². The van der Waals surface area contributed by atoms with E-state index in [0.717, 1.165) is 18.1 Å². The van der Waals surface area contributed by atoms with Gasteiger partial charge in [0.25, 0.3) is 0 Å². The molecule has 13 heavy (non-hydrogen) atoms. The van der Waals surface area contributed by atoms with E-state index >= 15 is 0 Å². The third kappa shape index (κ3) is 2.99. The Hall–Kier alpha value is -0.0200. The van der Waals surface area contributed by atoms with Crippen LogP contribution in [0.3, 0.4) is 0 Å². The molecule has 0 aromatic rings. The maximum atomic E-state index is 11.8. The Morgan fingerprint density at radius 2 is 2.15 bits per heavy atom. The summed E-state index contributed by atoms with van der Waals surface area (Å²) in [7, 11) is 0. The van der Waals surface area contributed by atoms with Gasteiger partial charge in [-0.15, -0.1) is 0 Å². The Morgan fingerprint density at radius 1 is 1.46 bits per heavy atom. The molecule has 1 saturated heterocycles. The van der Waals surface area contributed by atoms with Crippen LogP contribution in [0.5, 0.6) is 0 Å². The van der Waals surface area contributed by atoms with Crippen molar-refractivity contribution >= 4 is 17.5 Å². The number of hydrogen-bond donors (Lipinski definition) is 0. The van der Waals surface area contributed by atoms with Gasteiger partial charge in [-0.1, -0.05) is 20.8 Å². The number of rotatable bonds is 3. The average Bonchev–Trinajstić information content (AvgIpc) is 2.17. The lowest BCUT2D eigenvalue weighted by Crippen LogP contribution is -2.36. The van der Waals surface area contributed by atoms with Crippen molar-refractivity contribution in [2.24, 2.45) is 11.8 Å². The topological polar surface area (TPSA) is 26.3 Å². The van der Waals surface area contributed by atoms with Gasteiger partial charge >= 0.3 is 0 Å². The number of carbonyl (C=O) groups excluding carboxylic acids is 1. The molecule has 2 unspecified atom stereocenters. The monoisotopic (exact) mass is 202 g/mol. The number of carbonyl (C=O) groups is 1. The Balaban J connectivity index is 2.45. The fourth-order valence-corrected chi connectivity index (χ4v) is 2.13. The van der Waals surface area contributed by atoms with Crippen LogP contribution in [0.15, 0.2) is 0 Å². The highest BCUT2D eigenvalue weighted by molar-refractivity contribution is 7.99. The van der Waals surface area contributed by atoms with E-state index in [4.69, 9.17) is 4.74 Å². The van der Waals surface area contributed by atoms with Crippen molar-refractivity contribution in [3.05, 3.63) is 0 Å². The van der Waals surface area contributed by atoms with Crippen LogP contribution in [0.25, 0.3) is 0 Å². The van der Waals surface area contributed by atoms with Gasteiger partial charge in [-0.05, 0) is 5.92 Å². The van der Waals surface area contributed by atoms with Crippen molar-refractivity contribution < 1.29 is 9.53 Å². The highest BCUT2D eigenvalue weighted by Gasteiger charge is 2.27. The summed E-state index contributed by atoms with van der Waals surface area (Å²) in [6.07, 6.45) is -0.142. The molecule has 0 saturated carbocycles. The summed E-state index contributed by atoms with van der Waals surface area (Å²) >= 11 is 1.81. The molecule has 1 heterocycles. The zero-order valence-corrected chi connectivity index (χ0v) is 9.39. The van der Waals surface area contributed by atoms with E-state index in [1.54, 1.807) is 0 Å². The van der Waals surface area contributed by atoms with E-state index < -0.39 is 0 Å². The van der Waals surface area contributed by atoms with Crippen molar-refractivity contribution in [1.29, 1.82) is 0 Å². The highest BCUT2D eigenvalue weighted by Crippen LogP contribution is 2.20. The molecule has 2 nitrogen and oxygen atoms in total. The third-order valence-electron chi connectivity index (χ3n) is 2.58. The van der Waals surface area contributed by atoms with Gasteiger partial charge in [0.05, 0.1) is 6.61 Å². The van der Waals surface area contributed by atoms with E-state index in [1.165, 1.54) is 0 Å². The van der Waals surface area contributed by atoms with Gasteiger partial charge in [0.15, 0.2) is 5.78 Å². The first kappa shape index (κ1) is 11.1. The normalized spacial score (nSPS) is 26.0. The zero-order valence-electron chi connectivity index (χ0n) is 8.58. The van der Waals surface area contributed by atoms with Gasteiger partial charge in [0.1, 0.15) is 6.10 Å². The summed E-state index contributed by atoms with van der Waals surface area (Å²) in [5, 5.41) is 0. The number of ether oxygens (including phenoxy) is 1. The lowest BCUT2D eigenvalue weighted by atomic mass is 9.91. The fourth-order valence-electron chi connectivity index (χ4n) is 1.27. The molecular weight excluding hydrogens is 184 g/mol. The molecule has 0 amide bonds. The minimum absolute atomic E-state index is 0.128. The van der Waals surface area contributed by atoms with Crippen LogP contribution < -0.4 is 0 Å². The van der Waals surface area contributed by atoms with Gasteiger partial charge < -0.3 is 4.74 Å². The van der Waals surface area contributed by atoms with Crippen LogP contribution >= 0.6 is 11.8 Å². The molecule has 1 rings (SSSR count). The van der Waals surface area contributed by atoms with Crippen LogP contribution in [-0.4, -0.2) is 30.0 Å². The predicted octanol–water partition coefficient (Wildman–Crippen LogP) is 1.98. The van der Waals surface area contributed by atoms with Crippen molar-refractivity contribution in [2.75, 3.05) is 18.1 Å². The molecule has 2 atom stereocenters. The van der Waals surface area contributed by atoms with Crippen molar-refractivity contribution in [3.63, 3.8) is 0 Å². The molecular formula is C10H18O2S. The molecule has 0 bridgehead atoms. The molecule has 1 aliphatic heterocycles. The fraction of sp³-hybridized carbons (Fsp3) is 0.900. The second-order valence-electron chi connectivity index (χ2n) is 3.87. The van der Waals surface area contributed by atoms with Gasteiger partial charge in [-0.3, -0.25) is 4.79 Å². The quantitative estimate of drug-likeness (QED) is 0.700. The van der Waals surface area contributed by atoms with E-state index in [0.29, 0.717) is 5.92 Å². The number of Topliss-reactive ketones (excluding diaryl/α,β-unsaturated/α-hetero) is 1. The summed E-state index contributed by atoms with van der Waals surface area (Å²) in [6, 6.07) is 0. The van der Waals surface area contributed by atoms with Gasteiger partial charge in [-0.25, -0.2) is 0 Å². The summed E-state index contributed by atoms with van der Waals surface area (Å²) in [5.41, 5.74) is 0. The molecule has 3 heteroatoms. The van der Waals surface area contributed by atoms with Crippen LogP contribution in [0.1, 0.15) is 20.8 Å². The Kier molecular flexibility index (Phi) is 4.26. The molecule has 0 radical (unpaired) electrons. The van der Waals surface area contributed by atoms with E-state index in [9.17, 15) is 4.79 Å². The summed E-state index contributed by atoms with van der Waals surface area (Å²) in [4.78, 5) is 11.8. The first-order valence-electron chi connectivity index (χ1n) is 4.86. The van der Waals surface area contributed by atoms with Gasteiger partial charge in [-0.2, -0.15) is 11.8 Å². The summed E-state index contributed by atoms with van der Waals surface area (Å²) in [5.74, 6) is 2.70. The molecule has 76 valence electrons. The van der Waals surface area contributed by atoms with Crippen molar-refractivity contribution in [3.8, 4) is 0 Å². The SMILES string of the molecule is CC(C)C(C)C(=O)C1CSCCO1. The summed E-state index contributed by atoms with van der Waals surface area (Å²) in [6.45, 7) is 6.89. The van der Waals surface area contributed by atoms with Gasteiger partial charge in [0, 0.05) is 17.4 Å². The minimum atomic E-state index is -0.142. The predicted molar refractivity (Wildman–Crippen MR) is 56.1 cm³/mol. The second kappa shape index (κ2) is 5.01. The number of ketones is 1. The third-order valence-corrected chi connectivity index (χ3v) is 3.58. The second-order valence-corrected chi connectivity index (χ2v) is 5.02. The van der Waals surface area contributed by atoms with Crippen molar-refractivity contribution in [2.45, 2.75) is 26.9 Å². The minimum Gasteiger partial charge on any atom is -0.369 e. The standard InChI is InChI=1S/C10H18O2S/c1-7(2)8(3)10(11)9-6-13-5-4-12-9/h7-9H,4-6H2,1-3H3. The van der Waals surface area contributed by atoms with Gasteiger partial charge in [0.2, 0.25) is 0 Å². The molecule has 0 N–H and O–H groups in total. The molecule has 0 aliphatic carbocycles. The lowest BCUT2D eigenvalue weighted by Gasteiger charge is -2.25. The first-order valence-corrected chi connectivity index (χ1v) is 6.01. The highest BCUT2D eigenvalue weighted by atomic mass is 32.2. The van der Waals surface area contributed by atoms with Crippen LogP contribution in [0, 0.1) is 11.8 Å². The first-order chi connectivity index (χ1) is 6.13. The molecule has 0 aromatic heterocycles.